The van der Waals surface area contributed by atoms with Gasteiger partial charge in [-0.3, -0.25) is 4.40 Å². The van der Waals surface area contributed by atoms with Gasteiger partial charge in [-0.1, -0.05) is 6.07 Å². The summed E-state index contributed by atoms with van der Waals surface area (Å²) in [6, 6.07) is 5.08. The lowest BCUT2D eigenvalue weighted by molar-refractivity contribution is 0.0688. The van der Waals surface area contributed by atoms with Crippen molar-refractivity contribution < 1.29 is 9.90 Å². The number of pyridine rings is 1. The summed E-state index contributed by atoms with van der Waals surface area (Å²) in [4.78, 5) is 13.6. The number of likely N-dealkylation sites (N-methyl/N-ethyl adjacent to an activating group) is 1. The number of fused-ring (bicyclic) bond motifs is 1. The number of carboxylic acids is 1. The topological polar surface area (TPSA) is 70.7 Å². The van der Waals surface area contributed by atoms with Gasteiger partial charge in [0.15, 0.2) is 5.65 Å². The first-order valence-electron chi connectivity index (χ1n) is 6.42. The van der Waals surface area contributed by atoms with Crippen molar-refractivity contribution in [2.75, 3.05) is 20.1 Å². The second kappa shape index (κ2) is 4.62. The van der Waals surface area contributed by atoms with Gasteiger partial charge in [-0.15, -0.1) is 10.2 Å². The number of likely N-dealkylation sites (tertiary alicyclic amines) is 1. The van der Waals surface area contributed by atoms with Gasteiger partial charge in [0.1, 0.15) is 11.5 Å². The largest absolute Gasteiger partial charge is 0.477 e. The molecule has 0 radical (unpaired) electrons. The minimum Gasteiger partial charge on any atom is -0.477 e. The molecule has 1 atom stereocenters. The van der Waals surface area contributed by atoms with Crippen LogP contribution in [0.3, 0.4) is 0 Å². The number of piperidine rings is 1. The predicted molar refractivity (Wildman–Crippen MR) is 69.4 cm³/mol. The predicted octanol–water partition coefficient (Wildman–Crippen LogP) is 1.24. The number of carbonyl (C=O) groups is 1. The van der Waals surface area contributed by atoms with Crippen LogP contribution in [0.4, 0.5) is 0 Å². The van der Waals surface area contributed by atoms with Gasteiger partial charge in [0.05, 0.1) is 0 Å². The highest BCUT2D eigenvalue weighted by Gasteiger charge is 2.25. The third-order valence-electron chi connectivity index (χ3n) is 3.66. The van der Waals surface area contributed by atoms with Crippen molar-refractivity contribution in [3.8, 4) is 0 Å². The molecule has 1 aliphatic heterocycles. The molecule has 2 aromatic rings. The van der Waals surface area contributed by atoms with Crippen LogP contribution in [0.5, 0.6) is 0 Å². The number of carboxylic acid groups (broad SMARTS) is 1. The zero-order chi connectivity index (χ0) is 13.4. The van der Waals surface area contributed by atoms with Crippen molar-refractivity contribution >= 4 is 11.6 Å². The molecule has 6 nitrogen and oxygen atoms in total. The molecule has 2 aromatic heterocycles. The molecule has 0 amide bonds. The Morgan fingerprint density at radius 1 is 1.42 bits per heavy atom. The van der Waals surface area contributed by atoms with Crippen molar-refractivity contribution in [2.45, 2.75) is 18.8 Å². The molecule has 0 aromatic carbocycles. The van der Waals surface area contributed by atoms with E-state index in [1.165, 1.54) is 0 Å². The molecule has 0 aliphatic carbocycles. The Bertz CT molecular complexity index is 622. The summed E-state index contributed by atoms with van der Waals surface area (Å²) in [5, 5.41) is 17.6. The van der Waals surface area contributed by atoms with E-state index in [2.05, 4.69) is 22.1 Å². The molecule has 19 heavy (non-hydrogen) atoms. The van der Waals surface area contributed by atoms with Gasteiger partial charge in [-0.05, 0) is 38.6 Å². The number of hydrogen-bond donors (Lipinski definition) is 1. The quantitative estimate of drug-likeness (QED) is 0.879. The van der Waals surface area contributed by atoms with E-state index in [0.29, 0.717) is 5.65 Å². The van der Waals surface area contributed by atoms with E-state index in [9.17, 15) is 9.90 Å². The van der Waals surface area contributed by atoms with Crippen molar-refractivity contribution in [1.29, 1.82) is 0 Å². The SMILES string of the molecule is CN1CCCC(c2nnc3cccc(C(=O)O)n23)C1. The van der Waals surface area contributed by atoms with E-state index in [4.69, 9.17) is 0 Å². The Kier molecular flexibility index (Phi) is 2.94. The van der Waals surface area contributed by atoms with Crippen LogP contribution in [0.25, 0.3) is 5.65 Å². The fourth-order valence-electron chi connectivity index (χ4n) is 2.77. The van der Waals surface area contributed by atoms with Crippen LogP contribution in [0, 0.1) is 0 Å². The molecule has 1 saturated heterocycles. The number of rotatable bonds is 2. The summed E-state index contributed by atoms with van der Waals surface area (Å²) in [5.41, 5.74) is 0.828. The van der Waals surface area contributed by atoms with Crippen LogP contribution in [0.2, 0.25) is 0 Å². The number of nitrogens with zero attached hydrogens (tertiary/aromatic N) is 4. The van der Waals surface area contributed by atoms with E-state index in [1.807, 2.05) is 0 Å². The van der Waals surface area contributed by atoms with Gasteiger partial charge in [-0.25, -0.2) is 4.79 Å². The number of aromatic nitrogens is 3. The lowest BCUT2D eigenvalue weighted by Crippen LogP contribution is -2.32. The molecule has 100 valence electrons. The summed E-state index contributed by atoms with van der Waals surface area (Å²) >= 11 is 0. The van der Waals surface area contributed by atoms with Gasteiger partial charge in [0.25, 0.3) is 0 Å². The standard InChI is InChI=1S/C13H16N4O2/c1-16-7-3-4-9(8-16)12-15-14-11-6-2-5-10(13(18)19)17(11)12/h2,5-6,9H,3-4,7-8H2,1H3,(H,18,19). The summed E-state index contributed by atoms with van der Waals surface area (Å²) in [6.07, 6.45) is 2.13. The highest BCUT2D eigenvalue weighted by Crippen LogP contribution is 2.26. The van der Waals surface area contributed by atoms with Crippen LogP contribution in [-0.4, -0.2) is 50.7 Å². The first-order chi connectivity index (χ1) is 9.16. The van der Waals surface area contributed by atoms with Crippen molar-refractivity contribution in [3.63, 3.8) is 0 Å². The van der Waals surface area contributed by atoms with Gasteiger partial charge < -0.3 is 10.0 Å². The van der Waals surface area contributed by atoms with Crippen molar-refractivity contribution in [2.24, 2.45) is 0 Å². The molecular weight excluding hydrogens is 244 g/mol. The van der Waals surface area contributed by atoms with Crippen molar-refractivity contribution in [3.05, 3.63) is 29.7 Å². The maximum atomic E-state index is 11.3. The average Bonchev–Trinajstić information content (AvgIpc) is 2.82. The fourth-order valence-corrected chi connectivity index (χ4v) is 2.77. The molecule has 0 bridgehead atoms. The second-order valence-electron chi connectivity index (χ2n) is 5.07. The monoisotopic (exact) mass is 260 g/mol. The van der Waals surface area contributed by atoms with Gasteiger partial charge in [0.2, 0.25) is 0 Å². The van der Waals surface area contributed by atoms with E-state index >= 15 is 0 Å². The first kappa shape index (κ1) is 12.1. The lowest BCUT2D eigenvalue weighted by Gasteiger charge is -2.28. The van der Waals surface area contributed by atoms with Crippen LogP contribution in [0.1, 0.15) is 35.1 Å². The molecular formula is C13H16N4O2. The summed E-state index contributed by atoms with van der Waals surface area (Å²) in [5.74, 6) is 0.0598. The third kappa shape index (κ3) is 2.08. The first-order valence-corrected chi connectivity index (χ1v) is 6.42. The van der Waals surface area contributed by atoms with Crippen LogP contribution in [0.15, 0.2) is 18.2 Å². The Labute approximate surface area is 110 Å². The molecule has 0 spiro atoms. The molecule has 1 N–H and O–H groups in total. The fraction of sp³-hybridized carbons (Fsp3) is 0.462. The highest BCUT2D eigenvalue weighted by atomic mass is 16.4. The van der Waals surface area contributed by atoms with Gasteiger partial charge >= 0.3 is 5.97 Å². The average molecular weight is 260 g/mol. The van der Waals surface area contributed by atoms with Crippen LogP contribution < -0.4 is 0 Å². The minimum absolute atomic E-state index is 0.228. The Morgan fingerprint density at radius 2 is 2.26 bits per heavy atom. The van der Waals surface area contributed by atoms with E-state index in [0.717, 1.165) is 31.8 Å². The molecule has 1 unspecified atom stereocenters. The molecule has 3 heterocycles. The van der Waals surface area contributed by atoms with E-state index < -0.39 is 5.97 Å². The highest BCUT2D eigenvalue weighted by molar-refractivity contribution is 5.86. The molecule has 6 heteroatoms. The second-order valence-corrected chi connectivity index (χ2v) is 5.07. The zero-order valence-corrected chi connectivity index (χ0v) is 10.8. The minimum atomic E-state index is -0.948. The Balaban J connectivity index is 2.11. The Morgan fingerprint density at radius 3 is 3.00 bits per heavy atom. The smallest absolute Gasteiger partial charge is 0.352 e. The Hall–Kier alpha value is -1.95. The van der Waals surface area contributed by atoms with Gasteiger partial charge in [-0.2, -0.15) is 0 Å². The maximum Gasteiger partial charge on any atom is 0.352 e. The van der Waals surface area contributed by atoms with Crippen LogP contribution in [-0.2, 0) is 0 Å². The van der Waals surface area contributed by atoms with E-state index in [-0.39, 0.29) is 11.6 Å². The summed E-state index contributed by atoms with van der Waals surface area (Å²) < 4.78 is 1.67. The maximum absolute atomic E-state index is 11.3. The van der Waals surface area contributed by atoms with Crippen molar-refractivity contribution in [1.82, 2.24) is 19.5 Å². The van der Waals surface area contributed by atoms with Gasteiger partial charge in [0, 0.05) is 12.5 Å². The molecule has 1 fully saturated rings. The summed E-state index contributed by atoms with van der Waals surface area (Å²) in [6.45, 7) is 1.98. The molecule has 3 rings (SSSR count). The normalized spacial score (nSPS) is 20.8. The van der Waals surface area contributed by atoms with E-state index in [1.54, 1.807) is 22.6 Å². The third-order valence-corrected chi connectivity index (χ3v) is 3.66. The zero-order valence-electron chi connectivity index (χ0n) is 10.8. The molecule has 1 aliphatic rings. The van der Waals surface area contributed by atoms with Crippen LogP contribution >= 0.6 is 0 Å². The molecule has 0 saturated carbocycles. The summed E-state index contributed by atoms with van der Waals surface area (Å²) in [7, 11) is 2.08. The lowest BCUT2D eigenvalue weighted by atomic mass is 9.97. The number of aromatic carboxylic acids is 1. The number of hydrogen-bond acceptors (Lipinski definition) is 4.